The van der Waals surface area contributed by atoms with Crippen LogP contribution in [0.2, 0.25) is 0 Å². The van der Waals surface area contributed by atoms with Crippen molar-refractivity contribution >= 4 is 11.8 Å². The molecule has 0 fully saturated rings. The molecule has 5 nitrogen and oxygen atoms in total. The van der Waals surface area contributed by atoms with Gasteiger partial charge in [0.2, 0.25) is 5.91 Å². The lowest BCUT2D eigenvalue weighted by Gasteiger charge is -2.11. The van der Waals surface area contributed by atoms with Gasteiger partial charge in [-0.25, -0.2) is 0 Å². The molecule has 0 spiro atoms. The molecule has 5 heteroatoms. The number of aryl methyl sites for hydroxylation is 1. The van der Waals surface area contributed by atoms with Gasteiger partial charge in [-0.3, -0.25) is 9.59 Å². The summed E-state index contributed by atoms with van der Waals surface area (Å²) in [7, 11) is 1.61. The van der Waals surface area contributed by atoms with Crippen LogP contribution in [0, 0.1) is 6.92 Å². The van der Waals surface area contributed by atoms with E-state index in [2.05, 4.69) is 5.32 Å². The van der Waals surface area contributed by atoms with Gasteiger partial charge >= 0.3 is 0 Å². The monoisotopic (exact) mass is 374 g/mol. The van der Waals surface area contributed by atoms with Gasteiger partial charge in [0.25, 0.3) is 5.91 Å². The predicted octanol–water partition coefficient (Wildman–Crippen LogP) is 3.70. The maximum atomic E-state index is 12.6. The number of carbonyl (C=O) groups excluding carboxylic acids is 2. The Kier molecular flexibility index (Phi) is 5.75. The fourth-order valence-electron chi connectivity index (χ4n) is 2.96. The Morgan fingerprint density at radius 2 is 1.68 bits per heavy atom. The summed E-state index contributed by atoms with van der Waals surface area (Å²) in [5.41, 5.74) is 10.2. The minimum Gasteiger partial charge on any atom is -0.497 e. The average Bonchev–Trinajstić information content (AvgIpc) is 2.72. The summed E-state index contributed by atoms with van der Waals surface area (Å²) in [6.07, 6.45) is 0. The topological polar surface area (TPSA) is 81.4 Å². The van der Waals surface area contributed by atoms with Gasteiger partial charge in [-0.05, 0) is 65.6 Å². The largest absolute Gasteiger partial charge is 0.497 e. The number of hydrogen-bond donors (Lipinski definition) is 2. The minimum absolute atomic E-state index is 0.155. The molecule has 3 aromatic carbocycles. The molecule has 0 radical (unpaired) electrons. The van der Waals surface area contributed by atoms with Crippen molar-refractivity contribution in [1.82, 2.24) is 5.32 Å². The van der Waals surface area contributed by atoms with Gasteiger partial charge < -0.3 is 15.8 Å². The van der Waals surface area contributed by atoms with E-state index in [1.165, 1.54) is 0 Å². The highest BCUT2D eigenvalue weighted by Crippen LogP contribution is 2.25. The highest BCUT2D eigenvalue weighted by Gasteiger charge is 2.10. The van der Waals surface area contributed by atoms with Crippen LogP contribution in [0.15, 0.2) is 66.7 Å². The second kappa shape index (κ2) is 8.39. The van der Waals surface area contributed by atoms with Crippen molar-refractivity contribution < 1.29 is 14.3 Å². The zero-order valence-electron chi connectivity index (χ0n) is 15.9. The van der Waals surface area contributed by atoms with Gasteiger partial charge in [-0.2, -0.15) is 0 Å². The van der Waals surface area contributed by atoms with Crippen molar-refractivity contribution in [1.29, 1.82) is 0 Å². The number of nitrogens with two attached hydrogens (primary N) is 1. The van der Waals surface area contributed by atoms with Crippen LogP contribution in [0.3, 0.4) is 0 Å². The van der Waals surface area contributed by atoms with Crippen LogP contribution >= 0.6 is 0 Å². The first kappa shape index (κ1) is 19.2. The molecule has 0 heterocycles. The summed E-state index contributed by atoms with van der Waals surface area (Å²) in [5.74, 6) is 0.135. The Hall–Kier alpha value is -3.60. The zero-order valence-corrected chi connectivity index (χ0v) is 15.9. The molecule has 0 saturated carbocycles. The van der Waals surface area contributed by atoms with Crippen LogP contribution in [-0.4, -0.2) is 18.9 Å². The third-order valence-corrected chi connectivity index (χ3v) is 4.57. The number of ether oxygens (including phenoxy) is 1. The molecule has 28 heavy (non-hydrogen) atoms. The molecule has 142 valence electrons. The molecule has 0 aromatic heterocycles. The number of methoxy groups -OCH3 is 1. The maximum absolute atomic E-state index is 12.6. The summed E-state index contributed by atoms with van der Waals surface area (Å²) in [6, 6.07) is 20.2. The first-order chi connectivity index (χ1) is 13.5. The van der Waals surface area contributed by atoms with Crippen LogP contribution < -0.4 is 15.8 Å². The summed E-state index contributed by atoms with van der Waals surface area (Å²) in [5, 5.41) is 2.93. The lowest BCUT2D eigenvalue weighted by Crippen LogP contribution is -2.22. The van der Waals surface area contributed by atoms with E-state index in [0.29, 0.717) is 17.7 Å². The van der Waals surface area contributed by atoms with Gasteiger partial charge in [0.1, 0.15) is 5.75 Å². The first-order valence-electron chi connectivity index (χ1n) is 8.90. The molecule has 0 aliphatic heterocycles. The summed E-state index contributed by atoms with van der Waals surface area (Å²) in [4.78, 5) is 23.9. The number of primary amides is 1. The van der Waals surface area contributed by atoms with Gasteiger partial charge in [0, 0.05) is 17.7 Å². The number of hydrogen-bond acceptors (Lipinski definition) is 3. The average molecular weight is 374 g/mol. The van der Waals surface area contributed by atoms with Crippen LogP contribution in [0.4, 0.5) is 0 Å². The van der Waals surface area contributed by atoms with Crippen LogP contribution in [0.25, 0.3) is 11.1 Å². The van der Waals surface area contributed by atoms with Crippen molar-refractivity contribution in [3.63, 3.8) is 0 Å². The molecule has 0 bridgehead atoms. The SMILES string of the molecule is COc1cccc(CNC(=O)c2ccc(C)c(-c3ccc(C(N)=O)cc3)c2)c1. The van der Waals surface area contributed by atoms with Gasteiger partial charge in [0.05, 0.1) is 7.11 Å². The molecule has 0 atom stereocenters. The normalized spacial score (nSPS) is 10.4. The second-order valence-electron chi connectivity index (χ2n) is 6.51. The standard InChI is InChI=1S/C23H22N2O3/c1-15-6-7-19(13-21(15)17-8-10-18(11-9-17)22(24)26)23(27)25-14-16-4-3-5-20(12-16)28-2/h3-13H,14H2,1-2H3,(H2,24,26)(H,25,27). The van der Waals surface area contributed by atoms with Crippen LogP contribution in [-0.2, 0) is 6.54 Å². The lowest BCUT2D eigenvalue weighted by atomic mass is 9.97. The van der Waals surface area contributed by atoms with Crippen molar-refractivity contribution in [2.24, 2.45) is 5.73 Å². The molecule has 3 N–H and O–H groups in total. The Morgan fingerprint density at radius 3 is 2.36 bits per heavy atom. The van der Waals surface area contributed by atoms with Crippen LogP contribution in [0.5, 0.6) is 5.75 Å². The van der Waals surface area contributed by atoms with E-state index in [0.717, 1.165) is 28.0 Å². The van der Waals surface area contributed by atoms with E-state index < -0.39 is 5.91 Å². The molecule has 0 aliphatic rings. The van der Waals surface area contributed by atoms with Gasteiger partial charge in [-0.1, -0.05) is 30.3 Å². The molecular formula is C23H22N2O3. The number of benzene rings is 3. The zero-order chi connectivity index (χ0) is 20.1. The lowest BCUT2D eigenvalue weighted by molar-refractivity contribution is 0.0949. The van der Waals surface area contributed by atoms with E-state index >= 15 is 0 Å². The predicted molar refractivity (Wildman–Crippen MR) is 109 cm³/mol. The van der Waals surface area contributed by atoms with E-state index in [1.807, 2.05) is 55.5 Å². The fourth-order valence-corrected chi connectivity index (χ4v) is 2.96. The highest BCUT2D eigenvalue weighted by molar-refractivity contribution is 5.96. The first-order valence-corrected chi connectivity index (χ1v) is 8.90. The molecule has 2 amide bonds. The van der Waals surface area contributed by atoms with Crippen molar-refractivity contribution in [3.05, 3.63) is 89.0 Å². The van der Waals surface area contributed by atoms with Crippen molar-refractivity contribution in [2.75, 3.05) is 7.11 Å². The Labute approximate surface area is 164 Å². The van der Waals surface area contributed by atoms with E-state index in [-0.39, 0.29) is 5.91 Å². The number of nitrogens with one attached hydrogen (secondary N) is 1. The molecule has 3 aromatic rings. The molecule has 3 rings (SSSR count). The summed E-state index contributed by atoms with van der Waals surface area (Å²) < 4.78 is 5.21. The van der Waals surface area contributed by atoms with E-state index in [9.17, 15) is 9.59 Å². The molecule has 0 saturated heterocycles. The van der Waals surface area contributed by atoms with Gasteiger partial charge in [-0.15, -0.1) is 0 Å². The highest BCUT2D eigenvalue weighted by atomic mass is 16.5. The molecule has 0 unspecified atom stereocenters. The maximum Gasteiger partial charge on any atom is 0.251 e. The summed E-state index contributed by atoms with van der Waals surface area (Å²) in [6.45, 7) is 2.39. The Morgan fingerprint density at radius 1 is 0.964 bits per heavy atom. The minimum atomic E-state index is -0.464. The van der Waals surface area contributed by atoms with E-state index in [1.54, 1.807) is 25.3 Å². The van der Waals surface area contributed by atoms with E-state index in [4.69, 9.17) is 10.5 Å². The third kappa shape index (κ3) is 4.38. The second-order valence-corrected chi connectivity index (χ2v) is 6.51. The molecule has 0 aliphatic carbocycles. The summed E-state index contributed by atoms with van der Waals surface area (Å²) >= 11 is 0. The van der Waals surface area contributed by atoms with Crippen molar-refractivity contribution in [3.8, 4) is 16.9 Å². The Balaban J connectivity index is 1.78. The smallest absolute Gasteiger partial charge is 0.251 e. The van der Waals surface area contributed by atoms with Crippen molar-refractivity contribution in [2.45, 2.75) is 13.5 Å². The number of amides is 2. The fraction of sp³-hybridized carbons (Fsp3) is 0.130. The third-order valence-electron chi connectivity index (χ3n) is 4.57. The Bertz CT molecular complexity index is 1010. The van der Waals surface area contributed by atoms with Crippen LogP contribution in [0.1, 0.15) is 31.8 Å². The number of carbonyl (C=O) groups is 2. The number of rotatable bonds is 6. The van der Waals surface area contributed by atoms with Gasteiger partial charge in [0.15, 0.2) is 0 Å². The quantitative estimate of drug-likeness (QED) is 0.690. The molecular weight excluding hydrogens is 352 g/mol.